The maximum Gasteiger partial charge on any atom is 0.266 e. The Morgan fingerprint density at radius 1 is 1.03 bits per heavy atom. The normalized spacial score (nSPS) is 15.9. The van der Waals surface area contributed by atoms with Gasteiger partial charge in [-0.05, 0) is 30.3 Å². The Morgan fingerprint density at radius 2 is 1.73 bits per heavy atom. The predicted octanol–water partition coefficient (Wildman–Crippen LogP) is 1.99. The van der Waals surface area contributed by atoms with Crippen LogP contribution in [0.4, 0.5) is 10.1 Å². The van der Waals surface area contributed by atoms with E-state index < -0.39 is 23.8 Å². The van der Waals surface area contributed by atoms with Gasteiger partial charge in [0, 0.05) is 17.3 Å². The van der Waals surface area contributed by atoms with Gasteiger partial charge in [-0.1, -0.05) is 30.3 Å². The van der Waals surface area contributed by atoms with Crippen molar-refractivity contribution in [2.24, 2.45) is 16.5 Å². The van der Waals surface area contributed by atoms with E-state index in [9.17, 15) is 14.0 Å². The summed E-state index contributed by atoms with van der Waals surface area (Å²) in [5.74, 6) is -1.63. The number of nitrogens with zero attached hydrogens (tertiary/aromatic N) is 3. The average molecular weight is 403 g/mol. The quantitative estimate of drug-likeness (QED) is 0.693. The van der Waals surface area contributed by atoms with Gasteiger partial charge in [0.05, 0.1) is 29.2 Å². The second-order valence-electron chi connectivity index (χ2n) is 6.71. The van der Waals surface area contributed by atoms with E-state index in [-0.39, 0.29) is 23.4 Å². The molecule has 0 spiro atoms. The van der Waals surface area contributed by atoms with Crippen molar-refractivity contribution in [2.45, 2.75) is 12.7 Å². The average Bonchev–Trinajstić information content (AvgIpc) is 2.85. The number of anilines is 1. The smallest absolute Gasteiger partial charge is 0.266 e. The molecular formula is C22H18FN5O2. The molecule has 1 aromatic heterocycles. The van der Waals surface area contributed by atoms with E-state index in [1.54, 1.807) is 54.6 Å². The van der Waals surface area contributed by atoms with Crippen molar-refractivity contribution in [3.8, 4) is 0 Å². The summed E-state index contributed by atoms with van der Waals surface area (Å²) in [6.07, 6.45) is 0.254. The highest BCUT2D eigenvalue weighted by Gasteiger charge is 2.31. The number of nitrogens with two attached hydrogens (primary N) is 2. The summed E-state index contributed by atoms with van der Waals surface area (Å²) in [5, 5.41) is 0. The number of hydrogen-bond acceptors (Lipinski definition) is 5. The molecule has 1 aliphatic rings. The van der Waals surface area contributed by atoms with Crippen LogP contribution in [0, 0.1) is 5.82 Å². The molecule has 4 rings (SSSR count). The molecule has 0 saturated heterocycles. The van der Waals surface area contributed by atoms with Gasteiger partial charge in [0.25, 0.3) is 11.8 Å². The monoisotopic (exact) mass is 403 g/mol. The van der Waals surface area contributed by atoms with Crippen LogP contribution in [0.15, 0.2) is 71.9 Å². The molecule has 2 heterocycles. The van der Waals surface area contributed by atoms with Gasteiger partial charge in [-0.25, -0.2) is 4.39 Å². The molecule has 0 radical (unpaired) electrons. The van der Waals surface area contributed by atoms with Crippen LogP contribution < -0.4 is 16.4 Å². The first-order valence-electron chi connectivity index (χ1n) is 9.20. The highest BCUT2D eigenvalue weighted by atomic mass is 19.1. The van der Waals surface area contributed by atoms with Crippen LogP contribution in [0.25, 0.3) is 0 Å². The molecule has 2 amide bonds. The van der Waals surface area contributed by atoms with Crippen LogP contribution >= 0.6 is 0 Å². The second-order valence-corrected chi connectivity index (χ2v) is 6.71. The molecule has 2 aromatic carbocycles. The zero-order valence-corrected chi connectivity index (χ0v) is 15.8. The maximum absolute atomic E-state index is 14.5. The summed E-state index contributed by atoms with van der Waals surface area (Å²) in [7, 11) is 0. The van der Waals surface area contributed by atoms with Gasteiger partial charge in [0.15, 0.2) is 6.17 Å². The second kappa shape index (κ2) is 7.84. The number of aliphatic imine (C=N–C) groups is 1. The Balaban J connectivity index is 1.86. The van der Waals surface area contributed by atoms with Crippen LogP contribution in [0.3, 0.4) is 0 Å². The molecule has 0 bridgehead atoms. The van der Waals surface area contributed by atoms with E-state index in [0.717, 1.165) is 0 Å². The molecule has 150 valence electrons. The SMILES string of the molecule is NC(=O)c1cccnc1CN1C(=O)C(N)N=C(c2ccccc2F)c2ccccc21. The summed E-state index contributed by atoms with van der Waals surface area (Å²) < 4.78 is 14.5. The number of benzene rings is 2. The van der Waals surface area contributed by atoms with E-state index in [1.165, 1.54) is 17.2 Å². The minimum Gasteiger partial charge on any atom is -0.366 e. The van der Waals surface area contributed by atoms with Crippen molar-refractivity contribution in [2.75, 3.05) is 4.90 Å². The molecule has 0 saturated carbocycles. The van der Waals surface area contributed by atoms with E-state index >= 15 is 0 Å². The summed E-state index contributed by atoms with van der Waals surface area (Å²) in [5.41, 5.74) is 13.6. The van der Waals surface area contributed by atoms with E-state index in [1.807, 2.05) is 0 Å². The third kappa shape index (κ3) is 3.44. The van der Waals surface area contributed by atoms with Crippen LogP contribution in [-0.4, -0.2) is 28.7 Å². The number of aromatic nitrogens is 1. The highest BCUT2D eigenvalue weighted by Crippen LogP contribution is 2.30. The van der Waals surface area contributed by atoms with Crippen LogP contribution in [0.5, 0.6) is 0 Å². The van der Waals surface area contributed by atoms with Crippen LogP contribution in [0.2, 0.25) is 0 Å². The summed E-state index contributed by atoms with van der Waals surface area (Å²) in [4.78, 5) is 34.8. The van der Waals surface area contributed by atoms with Crippen molar-refractivity contribution in [3.63, 3.8) is 0 Å². The molecule has 7 nitrogen and oxygen atoms in total. The number of carbonyl (C=O) groups excluding carboxylic acids is 2. The van der Waals surface area contributed by atoms with Gasteiger partial charge < -0.3 is 16.4 Å². The minimum atomic E-state index is -1.26. The first-order valence-corrected chi connectivity index (χ1v) is 9.20. The Morgan fingerprint density at radius 3 is 2.47 bits per heavy atom. The van der Waals surface area contributed by atoms with Gasteiger partial charge in [-0.2, -0.15) is 0 Å². The fourth-order valence-electron chi connectivity index (χ4n) is 3.42. The van der Waals surface area contributed by atoms with Gasteiger partial charge >= 0.3 is 0 Å². The number of pyridine rings is 1. The summed E-state index contributed by atoms with van der Waals surface area (Å²) in [6, 6.07) is 16.3. The lowest BCUT2D eigenvalue weighted by Crippen LogP contribution is -2.42. The number of primary amides is 1. The lowest BCUT2D eigenvalue weighted by Gasteiger charge is -2.24. The van der Waals surface area contributed by atoms with Gasteiger partial charge in [0.1, 0.15) is 5.82 Å². The zero-order valence-electron chi connectivity index (χ0n) is 15.8. The number of fused-ring (bicyclic) bond motifs is 1. The third-order valence-corrected chi connectivity index (χ3v) is 4.83. The van der Waals surface area contributed by atoms with Gasteiger partial charge in [0.2, 0.25) is 0 Å². The van der Waals surface area contributed by atoms with Gasteiger partial charge in [-0.3, -0.25) is 19.6 Å². The lowest BCUT2D eigenvalue weighted by atomic mass is 9.99. The van der Waals surface area contributed by atoms with E-state index in [0.29, 0.717) is 16.9 Å². The number of para-hydroxylation sites is 1. The molecule has 1 atom stereocenters. The Kier molecular flexibility index (Phi) is 5.07. The molecule has 1 unspecified atom stereocenters. The Bertz CT molecular complexity index is 1180. The standard InChI is InChI=1S/C22H18FN5O2/c23-16-9-3-1-6-13(16)19-15-7-2-4-10-18(15)28(22(30)20(24)27-19)12-17-14(21(25)29)8-5-11-26-17/h1-11,20H,12,24H2,(H2,25,29). The van der Waals surface area contributed by atoms with E-state index in [2.05, 4.69) is 9.98 Å². The topological polar surface area (TPSA) is 115 Å². The first kappa shape index (κ1) is 19.4. The number of hydrogen-bond donors (Lipinski definition) is 2. The first-order chi connectivity index (χ1) is 14.5. The largest absolute Gasteiger partial charge is 0.366 e. The number of rotatable bonds is 4. The van der Waals surface area contributed by atoms with Crippen molar-refractivity contribution in [1.29, 1.82) is 0 Å². The third-order valence-electron chi connectivity index (χ3n) is 4.83. The van der Waals surface area contributed by atoms with Crippen molar-refractivity contribution < 1.29 is 14.0 Å². The molecule has 30 heavy (non-hydrogen) atoms. The van der Waals surface area contributed by atoms with Crippen LogP contribution in [-0.2, 0) is 11.3 Å². The van der Waals surface area contributed by atoms with Crippen molar-refractivity contribution in [1.82, 2.24) is 4.98 Å². The summed E-state index contributed by atoms with van der Waals surface area (Å²) >= 11 is 0. The predicted molar refractivity (Wildman–Crippen MR) is 110 cm³/mol. The number of benzodiazepines with no additional fused rings is 1. The molecule has 3 aromatic rings. The van der Waals surface area contributed by atoms with E-state index in [4.69, 9.17) is 11.5 Å². The van der Waals surface area contributed by atoms with Crippen molar-refractivity contribution in [3.05, 3.63) is 95.1 Å². The molecular weight excluding hydrogens is 385 g/mol. The number of amides is 2. The molecule has 4 N–H and O–H groups in total. The Hall–Kier alpha value is -3.91. The minimum absolute atomic E-state index is 0.0390. The molecule has 8 heteroatoms. The van der Waals surface area contributed by atoms with Crippen molar-refractivity contribution >= 4 is 23.2 Å². The van der Waals surface area contributed by atoms with Gasteiger partial charge in [-0.15, -0.1) is 0 Å². The fourth-order valence-corrected chi connectivity index (χ4v) is 3.42. The zero-order chi connectivity index (χ0) is 21.3. The number of halogens is 1. The lowest BCUT2D eigenvalue weighted by molar-refractivity contribution is -0.119. The Labute approximate surface area is 171 Å². The fraction of sp³-hybridized carbons (Fsp3) is 0.0909. The number of carbonyl (C=O) groups is 2. The molecule has 1 aliphatic heterocycles. The van der Waals surface area contributed by atoms with Crippen LogP contribution in [0.1, 0.15) is 27.2 Å². The summed E-state index contributed by atoms with van der Waals surface area (Å²) in [6.45, 7) is -0.0390. The molecule has 0 fully saturated rings. The maximum atomic E-state index is 14.5. The highest BCUT2D eigenvalue weighted by molar-refractivity contribution is 6.20. The molecule has 0 aliphatic carbocycles.